The van der Waals surface area contributed by atoms with Crippen LogP contribution in [0.4, 0.5) is 0 Å². The number of allylic oxidation sites excluding steroid dienone is 2. The van der Waals surface area contributed by atoms with Crippen LogP contribution in [0.25, 0.3) is 0 Å². The van der Waals surface area contributed by atoms with Crippen LogP contribution in [-0.2, 0) is 14.3 Å². The highest BCUT2D eigenvalue weighted by Gasteiger charge is 2.65. The number of carbonyl (C=O) groups excluding carboxylic acids is 2. The van der Waals surface area contributed by atoms with Gasteiger partial charge in [-0.25, -0.2) is 0 Å². The first kappa shape index (κ1) is 27.9. The number of esters is 1. The summed E-state index contributed by atoms with van der Waals surface area (Å²) in [6.45, 7) is 23.3. The molecule has 0 spiro atoms. The summed E-state index contributed by atoms with van der Waals surface area (Å²) in [6.07, 6.45) is 11.2. The fraction of sp³-hybridized carbons (Fsp3) is 0.879. The maximum absolute atomic E-state index is 13.7. The van der Waals surface area contributed by atoms with Crippen LogP contribution in [0.15, 0.2) is 11.6 Å². The molecule has 0 N–H and O–H groups in total. The Labute approximate surface area is 221 Å². The van der Waals surface area contributed by atoms with Crippen LogP contribution in [0, 0.1) is 57.2 Å². The normalized spacial score (nSPS) is 44.1. The van der Waals surface area contributed by atoms with Gasteiger partial charge < -0.3 is 4.74 Å². The van der Waals surface area contributed by atoms with E-state index in [0.717, 1.165) is 18.3 Å². The van der Waals surface area contributed by atoms with Gasteiger partial charge in [-0.15, -0.1) is 0 Å². The first-order valence-corrected chi connectivity index (χ1v) is 15.0. The minimum Gasteiger partial charge on any atom is -0.462 e. The summed E-state index contributed by atoms with van der Waals surface area (Å²) in [6, 6.07) is 0. The SMILES string of the molecule is CC(=O)O[C@@H]1C[C@H]2C(=O)C=C3C(CC[C@]4(C)[C@@H]([C@H](C)[C@H](C)CCC(C)(C)C)CC[C@@]34C)[C@@]2(C)C[C@@H]1C. The lowest BCUT2D eigenvalue weighted by Crippen LogP contribution is -2.57. The maximum Gasteiger partial charge on any atom is 0.302 e. The van der Waals surface area contributed by atoms with E-state index in [1.54, 1.807) is 0 Å². The Morgan fingerprint density at radius 2 is 1.78 bits per heavy atom. The average molecular weight is 499 g/mol. The van der Waals surface area contributed by atoms with Gasteiger partial charge in [-0.3, -0.25) is 9.59 Å². The first-order valence-electron chi connectivity index (χ1n) is 15.0. The smallest absolute Gasteiger partial charge is 0.302 e. The van der Waals surface area contributed by atoms with E-state index in [1.807, 2.05) is 0 Å². The number of carbonyl (C=O) groups is 2. The van der Waals surface area contributed by atoms with Crippen molar-refractivity contribution in [2.75, 3.05) is 0 Å². The molecular weight excluding hydrogens is 444 g/mol. The molecule has 36 heavy (non-hydrogen) atoms. The van der Waals surface area contributed by atoms with E-state index in [9.17, 15) is 9.59 Å². The number of ether oxygens (including phenoxy) is 1. The van der Waals surface area contributed by atoms with Gasteiger partial charge in [0.1, 0.15) is 6.10 Å². The zero-order valence-corrected chi connectivity index (χ0v) is 25.0. The topological polar surface area (TPSA) is 43.4 Å². The summed E-state index contributed by atoms with van der Waals surface area (Å²) in [4.78, 5) is 25.5. The van der Waals surface area contributed by atoms with Gasteiger partial charge in [0.2, 0.25) is 0 Å². The van der Waals surface area contributed by atoms with Crippen molar-refractivity contribution in [3.8, 4) is 0 Å². The van der Waals surface area contributed by atoms with Crippen LogP contribution in [-0.4, -0.2) is 17.9 Å². The van der Waals surface area contributed by atoms with E-state index in [-0.39, 0.29) is 34.2 Å². The molecule has 204 valence electrons. The molecule has 0 radical (unpaired) electrons. The maximum atomic E-state index is 13.7. The van der Waals surface area contributed by atoms with E-state index in [1.165, 1.54) is 51.0 Å². The monoisotopic (exact) mass is 498 g/mol. The Balaban J connectivity index is 1.61. The molecule has 0 aromatic carbocycles. The van der Waals surface area contributed by atoms with Crippen LogP contribution in [0.1, 0.15) is 121 Å². The third kappa shape index (κ3) is 4.43. The molecule has 0 bridgehead atoms. The van der Waals surface area contributed by atoms with Gasteiger partial charge >= 0.3 is 5.97 Å². The zero-order chi connectivity index (χ0) is 26.8. The highest BCUT2D eigenvalue weighted by molar-refractivity contribution is 5.94. The molecule has 10 atom stereocenters. The lowest BCUT2D eigenvalue weighted by atomic mass is 9.42. The molecule has 3 saturated carbocycles. The highest BCUT2D eigenvalue weighted by atomic mass is 16.5. The fourth-order valence-electron chi connectivity index (χ4n) is 9.64. The summed E-state index contributed by atoms with van der Waals surface area (Å²) >= 11 is 0. The number of ketones is 1. The zero-order valence-electron chi connectivity index (χ0n) is 25.0. The minimum atomic E-state index is -0.223. The predicted molar refractivity (Wildman–Crippen MR) is 147 cm³/mol. The number of hydrogen-bond donors (Lipinski definition) is 0. The van der Waals surface area contributed by atoms with Crippen molar-refractivity contribution in [1.29, 1.82) is 0 Å². The second-order valence-corrected chi connectivity index (χ2v) is 15.5. The van der Waals surface area contributed by atoms with Gasteiger partial charge in [0.15, 0.2) is 5.78 Å². The molecule has 1 unspecified atom stereocenters. The van der Waals surface area contributed by atoms with Crippen molar-refractivity contribution in [2.45, 2.75) is 127 Å². The molecule has 0 heterocycles. The molecule has 0 saturated heterocycles. The number of fused-ring (bicyclic) bond motifs is 5. The Kier molecular flexibility index (Phi) is 7.18. The second kappa shape index (κ2) is 9.26. The van der Waals surface area contributed by atoms with Crippen LogP contribution >= 0.6 is 0 Å². The Hall–Kier alpha value is -1.12. The molecule has 4 rings (SSSR count). The predicted octanol–water partition coefficient (Wildman–Crippen LogP) is 8.41. The standard InChI is InChI=1S/C33H54O3/c1-20(11-14-30(5,6)7)22(3)24-12-15-33(10)26-17-28(35)27-18-29(36-23(4)34)21(2)19-31(27,8)25(26)13-16-32(24,33)9/h17,20-22,24-25,27,29H,11-16,18-19H2,1-10H3/t20-,21+,22-,24-,25?,27+,29-,31-,32-,33+/m1/s1. The largest absolute Gasteiger partial charge is 0.462 e. The average Bonchev–Trinajstić information content (AvgIpc) is 3.04. The molecule has 0 aliphatic heterocycles. The Morgan fingerprint density at radius 3 is 2.39 bits per heavy atom. The van der Waals surface area contributed by atoms with Gasteiger partial charge in [-0.1, -0.05) is 67.9 Å². The number of rotatable bonds is 5. The third-order valence-corrected chi connectivity index (χ3v) is 12.3. The van der Waals surface area contributed by atoms with Crippen molar-refractivity contribution in [3.63, 3.8) is 0 Å². The molecule has 0 aromatic heterocycles. The van der Waals surface area contributed by atoms with E-state index >= 15 is 0 Å². The summed E-state index contributed by atoms with van der Waals surface area (Å²) < 4.78 is 5.68. The Morgan fingerprint density at radius 1 is 1.11 bits per heavy atom. The van der Waals surface area contributed by atoms with Crippen molar-refractivity contribution in [2.24, 2.45) is 57.2 Å². The van der Waals surface area contributed by atoms with Crippen molar-refractivity contribution >= 4 is 11.8 Å². The van der Waals surface area contributed by atoms with Crippen LogP contribution in [0.5, 0.6) is 0 Å². The second-order valence-electron chi connectivity index (χ2n) is 15.5. The molecule has 3 heteroatoms. The van der Waals surface area contributed by atoms with Crippen LogP contribution < -0.4 is 0 Å². The van der Waals surface area contributed by atoms with E-state index in [4.69, 9.17) is 4.74 Å². The van der Waals surface area contributed by atoms with Crippen molar-refractivity contribution < 1.29 is 14.3 Å². The summed E-state index contributed by atoms with van der Waals surface area (Å²) in [5.74, 6) is 2.99. The van der Waals surface area contributed by atoms with E-state index < -0.39 is 0 Å². The van der Waals surface area contributed by atoms with Crippen molar-refractivity contribution in [1.82, 2.24) is 0 Å². The van der Waals surface area contributed by atoms with Crippen molar-refractivity contribution in [3.05, 3.63) is 11.6 Å². The highest BCUT2D eigenvalue weighted by Crippen LogP contribution is 2.72. The molecule has 3 nitrogen and oxygen atoms in total. The summed E-state index contributed by atoms with van der Waals surface area (Å²) in [5.41, 5.74) is 2.22. The number of hydrogen-bond acceptors (Lipinski definition) is 3. The van der Waals surface area contributed by atoms with Crippen LogP contribution in [0.3, 0.4) is 0 Å². The fourth-order valence-corrected chi connectivity index (χ4v) is 9.64. The van der Waals surface area contributed by atoms with E-state index in [2.05, 4.69) is 68.4 Å². The third-order valence-electron chi connectivity index (χ3n) is 12.3. The molecule has 4 aliphatic rings. The summed E-state index contributed by atoms with van der Waals surface area (Å²) in [7, 11) is 0. The molecule has 4 aliphatic carbocycles. The lowest BCUT2D eigenvalue weighted by Gasteiger charge is -2.61. The molecule has 0 aromatic rings. The quantitative estimate of drug-likeness (QED) is 0.357. The van der Waals surface area contributed by atoms with Crippen LogP contribution in [0.2, 0.25) is 0 Å². The van der Waals surface area contributed by atoms with Gasteiger partial charge in [0.25, 0.3) is 0 Å². The van der Waals surface area contributed by atoms with Gasteiger partial charge in [-0.2, -0.15) is 0 Å². The van der Waals surface area contributed by atoms with E-state index in [0.29, 0.717) is 35.4 Å². The first-order chi connectivity index (χ1) is 16.5. The Bertz CT molecular complexity index is 910. The van der Waals surface area contributed by atoms with Gasteiger partial charge in [-0.05, 0) is 109 Å². The molecule has 3 fully saturated rings. The summed E-state index contributed by atoms with van der Waals surface area (Å²) in [5, 5.41) is 0. The molecular formula is C33H54O3. The minimum absolute atomic E-state index is 0.0201. The van der Waals surface area contributed by atoms with Gasteiger partial charge in [0, 0.05) is 12.8 Å². The lowest BCUT2D eigenvalue weighted by molar-refractivity contribution is -0.161. The molecule has 0 amide bonds. The van der Waals surface area contributed by atoms with Gasteiger partial charge in [0.05, 0.1) is 0 Å².